The SMILES string of the molecule is N[C@H](c1c(F)ccc(Br)c1O)C1CCC1. The minimum Gasteiger partial charge on any atom is -0.506 e. The smallest absolute Gasteiger partial charge is 0.137 e. The van der Waals surface area contributed by atoms with Crippen molar-refractivity contribution in [1.29, 1.82) is 0 Å². The molecule has 1 saturated carbocycles. The quantitative estimate of drug-likeness (QED) is 0.870. The van der Waals surface area contributed by atoms with Crippen molar-refractivity contribution in [1.82, 2.24) is 0 Å². The minimum atomic E-state index is -0.421. The molecule has 0 radical (unpaired) electrons. The van der Waals surface area contributed by atoms with Crippen LogP contribution >= 0.6 is 15.9 Å². The first-order valence-corrected chi connectivity index (χ1v) is 5.83. The van der Waals surface area contributed by atoms with E-state index >= 15 is 0 Å². The second kappa shape index (κ2) is 4.10. The molecule has 2 rings (SSSR count). The fraction of sp³-hybridized carbons (Fsp3) is 0.455. The summed E-state index contributed by atoms with van der Waals surface area (Å²) in [4.78, 5) is 0. The van der Waals surface area contributed by atoms with Crippen molar-refractivity contribution in [3.05, 3.63) is 28.0 Å². The van der Waals surface area contributed by atoms with Crippen molar-refractivity contribution < 1.29 is 9.50 Å². The van der Waals surface area contributed by atoms with Crippen molar-refractivity contribution in [2.45, 2.75) is 25.3 Å². The molecule has 4 heteroatoms. The predicted molar refractivity (Wildman–Crippen MR) is 60.0 cm³/mol. The van der Waals surface area contributed by atoms with Crippen LogP contribution in [0.4, 0.5) is 4.39 Å². The van der Waals surface area contributed by atoms with Crippen molar-refractivity contribution >= 4 is 15.9 Å². The molecule has 0 heterocycles. The van der Waals surface area contributed by atoms with E-state index in [1.807, 2.05) is 0 Å². The third-order valence-electron chi connectivity index (χ3n) is 3.11. The maximum Gasteiger partial charge on any atom is 0.137 e. The van der Waals surface area contributed by atoms with E-state index in [-0.39, 0.29) is 11.3 Å². The van der Waals surface area contributed by atoms with Crippen LogP contribution in [0.15, 0.2) is 16.6 Å². The third kappa shape index (κ3) is 1.88. The van der Waals surface area contributed by atoms with Gasteiger partial charge in [-0.3, -0.25) is 0 Å². The first kappa shape index (κ1) is 10.9. The number of phenols is 1. The van der Waals surface area contributed by atoms with Gasteiger partial charge >= 0.3 is 0 Å². The summed E-state index contributed by atoms with van der Waals surface area (Å²) < 4.78 is 14.0. The molecule has 1 aromatic carbocycles. The molecule has 0 amide bonds. The van der Waals surface area contributed by atoms with Crippen LogP contribution in [0.2, 0.25) is 0 Å². The van der Waals surface area contributed by atoms with Crippen LogP contribution in [0.5, 0.6) is 5.75 Å². The molecule has 1 atom stereocenters. The number of hydrogen-bond donors (Lipinski definition) is 2. The van der Waals surface area contributed by atoms with E-state index in [0.29, 0.717) is 10.4 Å². The zero-order valence-corrected chi connectivity index (χ0v) is 9.80. The van der Waals surface area contributed by atoms with E-state index in [9.17, 15) is 9.50 Å². The highest BCUT2D eigenvalue weighted by Crippen LogP contribution is 2.42. The number of benzene rings is 1. The molecule has 3 N–H and O–H groups in total. The van der Waals surface area contributed by atoms with Crippen LogP contribution in [0, 0.1) is 11.7 Å². The second-order valence-electron chi connectivity index (χ2n) is 4.01. The Morgan fingerprint density at radius 1 is 1.47 bits per heavy atom. The van der Waals surface area contributed by atoms with E-state index in [1.165, 1.54) is 12.1 Å². The summed E-state index contributed by atoms with van der Waals surface area (Å²) in [6, 6.07) is 2.43. The van der Waals surface area contributed by atoms with Crippen molar-refractivity contribution in [3.8, 4) is 5.75 Å². The number of rotatable bonds is 2. The van der Waals surface area contributed by atoms with E-state index in [2.05, 4.69) is 15.9 Å². The summed E-state index contributed by atoms with van der Waals surface area (Å²) in [5.41, 5.74) is 6.19. The molecule has 1 aliphatic carbocycles. The topological polar surface area (TPSA) is 46.2 Å². The maximum absolute atomic E-state index is 13.5. The van der Waals surface area contributed by atoms with Crippen LogP contribution in [0.25, 0.3) is 0 Å². The average Bonchev–Trinajstić information content (AvgIpc) is 2.09. The van der Waals surface area contributed by atoms with Gasteiger partial charge in [0.1, 0.15) is 11.6 Å². The number of hydrogen-bond acceptors (Lipinski definition) is 2. The summed E-state index contributed by atoms with van der Waals surface area (Å²) in [6.45, 7) is 0. The zero-order valence-electron chi connectivity index (χ0n) is 8.21. The summed E-state index contributed by atoms with van der Waals surface area (Å²) in [5.74, 6) is -0.177. The highest BCUT2D eigenvalue weighted by molar-refractivity contribution is 9.10. The number of halogens is 2. The Morgan fingerprint density at radius 3 is 2.67 bits per heavy atom. The van der Waals surface area contributed by atoms with Crippen LogP contribution in [0.3, 0.4) is 0 Å². The van der Waals surface area contributed by atoms with Crippen LogP contribution in [-0.2, 0) is 0 Å². The normalized spacial score (nSPS) is 18.6. The zero-order chi connectivity index (χ0) is 11.0. The summed E-state index contributed by atoms with van der Waals surface area (Å²) in [6.07, 6.45) is 3.19. The van der Waals surface area contributed by atoms with Gasteiger partial charge in [0.15, 0.2) is 0 Å². The lowest BCUT2D eigenvalue weighted by Crippen LogP contribution is -2.27. The highest BCUT2D eigenvalue weighted by atomic mass is 79.9. The van der Waals surface area contributed by atoms with Gasteiger partial charge in [-0.25, -0.2) is 4.39 Å². The average molecular weight is 274 g/mol. The molecule has 0 bridgehead atoms. The van der Waals surface area contributed by atoms with Gasteiger partial charge in [-0.1, -0.05) is 6.42 Å². The Morgan fingerprint density at radius 2 is 2.13 bits per heavy atom. The molecule has 0 saturated heterocycles. The maximum atomic E-state index is 13.5. The van der Waals surface area contributed by atoms with Gasteiger partial charge in [0.2, 0.25) is 0 Å². The largest absolute Gasteiger partial charge is 0.506 e. The number of phenolic OH excluding ortho intramolecular Hbond substituents is 1. The Balaban J connectivity index is 2.36. The fourth-order valence-electron chi connectivity index (χ4n) is 1.91. The van der Waals surface area contributed by atoms with E-state index in [0.717, 1.165) is 19.3 Å². The molecule has 0 aliphatic heterocycles. The molecular weight excluding hydrogens is 261 g/mol. The first-order valence-electron chi connectivity index (χ1n) is 5.03. The Labute approximate surface area is 96.4 Å². The van der Waals surface area contributed by atoms with Gasteiger partial charge in [-0.05, 0) is 46.8 Å². The molecule has 82 valence electrons. The highest BCUT2D eigenvalue weighted by Gasteiger charge is 2.29. The van der Waals surface area contributed by atoms with Gasteiger partial charge in [0.05, 0.1) is 4.47 Å². The van der Waals surface area contributed by atoms with Crippen LogP contribution in [0.1, 0.15) is 30.9 Å². The molecule has 2 nitrogen and oxygen atoms in total. The van der Waals surface area contributed by atoms with Gasteiger partial charge in [-0.15, -0.1) is 0 Å². The van der Waals surface area contributed by atoms with Gasteiger partial charge < -0.3 is 10.8 Å². The molecule has 15 heavy (non-hydrogen) atoms. The van der Waals surface area contributed by atoms with Crippen molar-refractivity contribution in [2.24, 2.45) is 11.7 Å². The minimum absolute atomic E-state index is 0.0607. The van der Waals surface area contributed by atoms with Gasteiger partial charge in [0.25, 0.3) is 0 Å². The lowest BCUT2D eigenvalue weighted by Gasteiger charge is -2.32. The lowest BCUT2D eigenvalue weighted by atomic mass is 9.77. The molecule has 1 fully saturated rings. The standard InChI is InChI=1S/C11H13BrFNO/c12-7-4-5-8(13)9(11(7)15)10(14)6-2-1-3-6/h4-6,10,15H,1-3,14H2/t10-/m0/s1. The third-order valence-corrected chi connectivity index (χ3v) is 3.75. The number of nitrogens with two attached hydrogens (primary N) is 1. The Hall–Kier alpha value is -0.610. The molecule has 1 aromatic rings. The summed E-state index contributed by atoms with van der Waals surface area (Å²) >= 11 is 3.17. The first-order chi connectivity index (χ1) is 7.11. The van der Waals surface area contributed by atoms with E-state index < -0.39 is 11.9 Å². The van der Waals surface area contributed by atoms with Crippen LogP contribution in [-0.4, -0.2) is 5.11 Å². The predicted octanol–water partition coefficient (Wildman–Crippen LogP) is 3.09. The molecule has 1 aliphatic rings. The van der Waals surface area contributed by atoms with E-state index in [1.54, 1.807) is 0 Å². The molecule has 0 aromatic heterocycles. The Bertz CT molecular complexity index is 379. The lowest BCUT2D eigenvalue weighted by molar-refractivity contribution is 0.256. The van der Waals surface area contributed by atoms with E-state index in [4.69, 9.17) is 5.73 Å². The monoisotopic (exact) mass is 273 g/mol. The Kier molecular flexibility index (Phi) is 2.98. The summed E-state index contributed by atoms with van der Waals surface area (Å²) in [5, 5.41) is 9.75. The molecule has 0 spiro atoms. The van der Waals surface area contributed by atoms with Gasteiger partial charge in [0, 0.05) is 11.6 Å². The number of aromatic hydroxyl groups is 1. The molecular formula is C11H13BrFNO. The van der Waals surface area contributed by atoms with Crippen LogP contribution < -0.4 is 5.73 Å². The van der Waals surface area contributed by atoms with Crippen molar-refractivity contribution in [2.75, 3.05) is 0 Å². The fourth-order valence-corrected chi connectivity index (χ4v) is 2.25. The molecule has 0 unspecified atom stereocenters. The second-order valence-corrected chi connectivity index (χ2v) is 4.86. The van der Waals surface area contributed by atoms with Gasteiger partial charge in [-0.2, -0.15) is 0 Å². The van der Waals surface area contributed by atoms with Crippen molar-refractivity contribution in [3.63, 3.8) is 0 Å². The summed E-state index contributed by atoms with van der Waals surface area (Å²) in [7, 11) is 0.